The summed E-state index contributed by atoms with van der Waals surface area (Å²) in [7, 11) is 0. The second-order valence-corrected chi connectivity index (χ2v) is 6.54. The average molecular weight is 337 g/mol. The lowest BCUT2D eigenvalue weighted by atomic mass is 10.2. The zero-order valence-corrected chi connectivity index (χ0v) is 13.6. The minimum absolute atomic E-state index is 0.190. The smallest absolute Gasteiger partial charge is 0.260 e. The second kappa shape index (κ2) is 6.41. The molecule has 1 aliphatic carbocycles. The number of benzene rings is 1. The van der Waals surface area contributed by atoms with Crippen molar-refractivity contribution < 1.29 is 9.32 Å². The summed E-state index contributed by atoms with van der Waals surface area (Å²) in [6.45, 7) is 0. The number of carbonyl (C=O) groups is 1. The van der Waals surface area contributed by atoms with E-state index in [0.29, 0.717) is 16.8 Å². The third-order valence-corrected chi connectivity index (χ3v) is 4.57. The van der Waals surface area contributed by atoms with Crippen molar-refractivity contribution >= 4 is 28.3 Å². The first-order valence-electron chi connectivity index (χ1n) is 7.75. The summed E-state index contributed by atoms with van der Waals surface area (Å²) in [6.07, 6.45) is 5.54. The van der Waals surface area contributed by atoms with E-state index in [0.717, 1.165) is 29.8 Å². The first-order chi connectivity index (χ1) is 11.8. The van der Waals surface area contributed by atoms with Gasteiger partial charge in [0.25, 0.3) is 5.89 Å². The van der Waals surface area contributed by atoms with Crippen LogP contribution in [-0.2, 0) is 4.79 Å². The number of hydrogen-bond donors (Lipinski definition) is 1. The highest BCUT2D eigenvalue weighted by Crippen LogP contribution is 2.40. The monoisotopic (exact) mass is 337 g/mol. The predicted molar refractivity (Wildman–Crippen MR) is 93.7 cm³/mol. The van der Waals surface area contributed by atoms with Gasteiger partial charge in [-0.05, 0) is 35.9 Å². The highest BCUT2D eigenvalue weighted by atomic mass is 32.1. The van der Waals surface area contributed by atoms with Crippen molar-refractivity contribution in [3.8, 4) is 11.5 Å². The number of anilines is 1. The summed E-state index contributed by atoms with van der Waals surface area (Å²) >= 11 is 1.43. The molecule has 6 heteroatoms. The van der Waals surface area contributed by atoms with Crippen LogP contribution in [0.5, 0.6) is 0 Å². The molecule has 120 valence electrons. The Morgan fingerprint density at radius 2 is 2.08 bits per heavy atom. The summed E-state index contributed by atoms with van der Waals surface area (Å²) in [6, 6.07) is 11.6. The Labute approximate surface area is 143 Å². The first-order valence-corrected chi connectivity index (χ1v) is 8.63. The number of amides is 1. The van der Waals surface area contributed by atoms with Crippen LogP contribution in [0.1, 0.15) is 30.1 Å². The van der Waals surface area contributed by atoms with E-state index in [2.05, 4.69) is 15.5 Å². The molecule has 2 aromatic heterocycles. The summed E-state index contributed by atoms with van der Waals surface area (Å²) in [5, 5.41) is 9.51. The van der Waals surface area contributed by atoms with Crippen LogP contribution in [0.2, 0.25) is 0 Å². The van der Waals surface area contributed by atoms with E-state index in [1.807, 2.05) is 41.8 Å². The molecule has 1 saturated carbocycles. The Hall–Kier alpha value is -2.73. The highest BCUT2D eigenvalue weighted by molar-refractivity contribution is 7.15. The number of aromatic nitrogens is 2. The van der Waals surface area contributed by atoms with Crippen molar-refractivity contribution in [1.29, 1.82) is 0 Å². The van der Waals surface area contributed by atoms with Gasteiger partial charge in [-0.25, -0.2) is 0 Å². The largest absolute Gasteiger partial charge is 0.334 e. The Kier molecular flexibility index (Phi) is 3.96. The number of carbonyl (C=O) groups excluding carboxylic acids is 1. The van der Waals surface area contributed by atoms with Crippen molar-refractivity contribution in [2.24, 2.45) is 0 Å². The van der Waals surface area contributed by atoms with Crippen LogP contribution in [0.15, 0.2) is 52.4 Å². The Bertz CT molecular complexity index is 879. The van der Waals surface area contributed by atoms with Crippen LogP contribution in [0.4, 0.5) is 5.00 Å². The maximum Gasteiger partial charge on any atom is 0.260 e. The van der Waals surface area contributed by atoms with Crippen LogP contribution in [0, 0.1) is 0 Å². The van der Waals surface area contributed by atoms with Crippen LogP contribution in [0.25, 0.3) is 17.5 Å². The van der Waals surface area contributed by atoms with Gasteiger partial charge in [-0.2, -0.15) is 4.98 Å². The summed E-state index contributed by atoms with van der Waals surface area (Å²) < 4.78 is 5.34. The van der Waals surface area contributed by atoms with Gasteiger partial charge in [0.05, 0.1) is 5.56 Å². The lowest BCUT2D eigenvalue weighted by Gasteiger charge is -2.00. The summed E-state index contributed by atoms with van der Waals surface area (Å²) in [5.41, 5.74) is 1.74. The molecule has 1 N–H and O–H groups in total. The molecule has 0 aliphatic heterocycles. The zero-order valence-electron chi connectivity index (χ0n) is 12.8. The van der Waals surface area contributed by atoms with E-state index >= 15 is 0 Å². The molecule has 0 spiro atoms. The molecular weight excluding hydrogens is 322 g/mol. The van der Waals surface area contributed by atoms with Gasteiger partial charge in [0.1, 0.15) is 5.00 Å². The molecule has 24 heavy (non-hydrogen) atoms. The van der Waals surface area contributed by atoms with Crippen LogP contribution < -0.4 is 5.32 Å². The second-order valence-electron chi connectivity index (χ2n) is 5.63. The quantitative estimate of drug-likeness (QED) is 0.704. The third-order valence-electron chi connectivity index (χ3n) is 3.74. The van der Waals surface area contributed by atoms with E-state index in [9.17, 15) is 4.79 Å². The Balaban J connectivity index is 1.48. The first kappa shape index (κ1) is 14.8. The molecule has 4 rings (SSSR count). The van der Waals surface area contributed by atoms with Gasteiger partial charge in [-0.3, -0.25) is 4.79 Å². The summed E-state index contributed by atoms with van der Waals surface area (Å²) in [4.78, 5) is 16.6. The molecule has 1 amide bonds. The van der Waals surface area contributed by atoms with E-state index in [-0.39, 0.29) is 5.91 Å². The lowest BCUT2D eigenvalue weighted by Crippen LogP contribution is -2.07. The molecule has 0 saturated heterocycles. The minimum Gasteiger partial charge on any atom is -0.334 e. The fourth-order valence-corrected chi connectivity index (χ4v) is 3.10. The van der Waals surface area contributed by atoms with Gasteiger partial charge in [0.2, 0.25) is 5.91 Å². The van der Waals surface area contributed by atoms with Crippen molar-refractivity contribution in [2.45, 2.75) is 18.8 Å². The lowest BCUT2D eigenvalue weighted by molar-refractivity contribution is -0.111. The molecule has 0 radical (unpaired) electrons. The number of thiophene rings is 1. The molecule has 0 unspecified atom stereocenters. The Morgan fingerprint density at radius 3 is 2.88 bits per heavy atom. The molecule has 0 atom stereocenters. The standard InChI is InChI=1S/C18H15N3O2S/c22-15(9-6-12-4-2-1-3-5-12)19-18-14(10-11-24-18)17-20-16(21-23-17)13-7-8-13/h1-6,9-11,13H,7-8H2,(H,19,22). The number of nitrogens with zero attached hydrogens (tertiary/aromatic N) is 2. The number of hydrogen-bond acceptors (Lipinski definition) is 5. The topological polar surface area (TPSA) is 68.0 Å². The van der Waals surface area contributed by atoms with Gasteiger partial charge in [0.15, 0.2) is 5.82 Å². The van der Waals surface area contributed by atoms with Crippen LogP contribution in [-0.4, -0.2) is 16.0 Å². The summed E-state index contributed by atoms with van der Waals surface area (Å²) in [5.74, 6) is 1.47. The van der Waals surface area contributed by atoms with E-state index in [1.54, 1.807) is 6.08 Å². The molecule has 1 aromatic carbocycles. The molecular formula is C18H15N3O2S. The van der Waals surface area contributed by atoms with Crippen LogP contribution in [0.3, 0.4) is 0 Å². The zero-order chi connectivity index (χ0) is 16.4. The third kappa shape index (κ3) is 3.28. The van der Waals surface area contributed by atoms with E-state index < -0.39 is 0 Å². The van der Waals surface area contributed by atoms with Crippen molar-refractivity contribution in [3.05, 3.63) is 59.2 Å². The van der Waals surface area contributed by atoms with Crippen molar-refractivity contribution in [1.82, 2.24) is 10.1 Å². The van der Waals surface area contributed by atoms with Gasteiger partial charge in [-0.1, -0.05) is 35.5 Å². The number of rotatable bonds is 5. The maximum atomic E-state index is 12.1. The molecule has 2 heterocycles. The average Bonchev–Trinajstić information content (AvgIpc) is 3.16. The van der Waals surface area contributed by atoms with Gasteiger partial charge in [0, 0.05) is 12.0 Å². The normalized spacial score (nSPS) is 14.2. The highest BCUT2D eigenvalue weighted by Gasteiger charge is 2.29. The Morgan fingerprint density at radius 1 is 1.25 bits per heavy atom. The fraction of sp³-hybridized carbons (Fsp3) is 0.167. The van der Waals surface area contributed by atoms with Gasteiger partial charge in [-0.15, -0.1) is 11.3 Å². The maximum absolute atomic E-state index is 12.1. The van der Waals surface area contributed by atoms with Gasteiger partial charge >= 0.3 is 0 Å². The molecule has 5 nitrogen and oxygen atoms in total. The molecule has 1 fully saturated rings. The molecule has 3 aromatic rings. The molecule has 0 bridgehead atoms. The fourth-order valence-electron chi connectivity index (χ4n) is 2.32. The van der Waals surface area contributed by atoms with Crippen LogP contribution >= 0.6 is 11.3 Å². The molecule has 1 aliphatic rings. The predicted octanol–water partition coefficient (Wildman–Crippen LogP) is 4.33. The SMILES string of the molecule is O=C(C=Cc1ccccc1)Nc1sccc1-c1nc(C2CC2)no1. The van der Waals surface area contributed by atoms with Crippen molar-refractivity contribution in [3.63, 3.8) is 0 Å². The van der Waals surface area contributed by atoms with E-state index in [4.69, 9.17) is 4.52 Å². The number of nitrogens with one attached hydrogen (secondary N) is 1. The van der Waals surface area contributed by atoms with Gasteiger partial charge < -0.3 is 9.84 Å². The van der Waals surface area contributed by atoms with Crippen molar-refractivity contribution in [2.75, 3.05) is 5.32 Å². The minimum atomic E-state index is -0.190. The van der Waals surface area contributed by atoms with E-state index in [1.165, 1.54) is 17.4 Å².